The molecule has 0 fully saturated rings. The second kappa shape index (κ2) is 4.04. The summed E-state index contributed by atoms with van der Waals surface area (Å²) in [5.41, 5.74) is 0. The van der Waals surface area contributed by atoms with Crippen molar-refractivity contribution in [1.29, 1.82) is 0 Å². The number of aromatic nitrogens is 4. The van der Waals surface area contributed by atoms with E-state index in [-0.39, 0.29) is 5.28 Å². The lowest BCUT2D eigenvalue weighted by molar-refractivity contribution is 0.771. The van der Waals surface area contributed by atoms with Gasteiger partial charge in [-0.15, -0.1) is 0 Å². The maximum Gasteiger partial charge on any atom is 0.224 e. The van der Waals surface area contributed by atoms with Crippen LogP contribution >= 0.6 is 23.2 Å². The van der Waals surface area contributed by atoms with Crippen LogP contribution in [0, 0.1) is 0 Å². The third kappa shape index (κ3) is 2.37. The Bertz CT molecular complexity index is 482. The fourth-order valence-corrected chi connectivity index (χ4v) is 1.31. The number of rotatable bonds is 2. The minimum atomic E-state index is 0.137. The summed E-state index contributed by atoms with van der Waals surface area (Å²) in [5.74, 6) is 1.09. The molecule has 0 aliphatic carbocycles. The minimum Gasteiger partial charge on any atom is -0.322 e. The highest BCUT2D eigenvalue weighted by atomic mass is 35.5. The molecule has 15 heavy (non-hydrogen) atoms. The van der Waals surface area contributed by atoms with Crippen LogP contribution in [0.2, 0.25) is 10.3 Å². The van der Waals surface area contributed by atoms with Crippen molar-refractivity contribution in [3.8, 4) is 0 Å². The van der Waals surface area contributed by atoms with E-state index in [1.54, 1.807) is 16.9 Å². The van der Waals surface area contributed by atoms with Crippen LogP contribution in [0.3, 0.4) is 0 Å². The van der Waals surface area contributed by atoms with Gasteiger partial charge in [0.2, 0.25) is 5.28 Å². The monoisotopic (exact) mass is 243 g/mol. The van der Waals surface area contributed by atoms with E-state index in [0.29, 0.717) is 16.7 Å². The molecule has 0 saturated heterocycles. The van der Waals surface area contributed by atoms with Gasteiger partial charge < -0.3 is 5.32 Å². The summed E-state index contributed by atoms with van der Waals surface area (Å²) in [6.45, 7) is 0. The van der Waals surface area contributed by atoms with Crippen molar-refractivity contribution in [2.45, 2.75) is 0 Å². The van der Waals surface area contributed by atoms with Gasteiger partial charge in [0.15, 0.2) is 11.6 Å². The largest absolute Gasteiger partial charge is 0.322 e. The SMILES string of the molecule is Cn1ccc(Nc2nc(Cl)ncc2Cl)n1. The molecule has 2 aromatic heterocycles. The molecule has 0 unspecified atom stereocenters. The van der Waals surface area contributed by atoms with Gasteiger partial charge in [0, 0.05) is 19.3 Å². The number of hydrogen-bond donors (Lipinski definition) is 1. The number of halogens is 2. The summed E-state index contributed by atoms with van der Waals surface area (Å²) in [5, 5.41) is 7.59. The van der Waals surface area contributed by atoms with Gasteiger partial charge >= 0.3 is 0 Å². The standard InChI is InChI=1S/C8H7Cl2N5/c1-15-3-2-6(14-15)12-7-5(9)4-11-8(10)13-7/h2-4H,1H3,(H,11,12,13,14). The Morgan fingerprint density at radius 2 is 2.20 bits per heavy atom. The first-order valence-electron chi connectivity index (χ1n) is 4.10. The quantitative estimate of drug-likeness (QED) is 0.823. The van der Waals surface area contributed by atoms with Crippen molar-refractivity contribution in [3.05, 3.63) is 28.8 Å². The van der Waals surface area contributed by atoms with E-state index < -0.39 is 0 Å². The van der Waals surface area contributed by atoms with Crippen LogP contribution in [-0.4, -0.2) is 19.7 Å². The first kappa shape index (κ1) is 10.2. The normalized spacial score (nSPS) is 10.3. The molecule has 1 N–H and O–H groups in total. The zero-order valence-corrected chi connectivity index (χ0v) is 9.29. The molecule has 2 heterocycles. The second-order valence-corrected chi connectivity index (χ2v) is 3.58. The van der Waals surface area contributed by atoms with Gasteiger partial charge in [-0.1, -0.05) is 11.6 Å². The molecule has 0 bridgehead atoms. The van der Waals surface area contributed by atoms with Crippen molar-refractivity contribution in [2.75, 3.05) is 5.32 Å². The second-order valence-electron chi connectivity index (χ2n) is 2.84. The Balaban J connectivity index is 2.27. The summed E-state index contributed by atoms with van der Waals surface area (Å²) in [4.78, 5) is 7.68. The van der Waals surface area contributed by atoms with E-state index in [4.69, 9.17) is 23.2 Å². The molecule has 0 aliphatic heterocycles. The highest BCUT2D eigenvalue weighted by Crippen LogP contribution is 2.22. The molecule has 0 atom stereocenters. The molecule has 5 nitrogen and oxygen atoms in total. The lowest BCUT2D eigenvalue weighted by atomic mass is 10.5. The van der Waals surface area contributed by atoms with E-state index in [2.05, 4.69) is 20.4 Å². The molecule has 0 saturated carbocycles. The third-order valence-corrected chi connectivity index (χ3v) is 2.13. The zero-order valence-electron chi connectivity index (χ0n) is 7.78. The minimum absolute atomic E-state index is 0.137. The van der Waals surface area contributed by atoms with Crippen LogP contribution in [-0.2, 0) is 7.05 Å². The van der Waals surface area contributed by atoms with E-state index in [9.17, 15) is 0 Å². The van der Waals surface area contributed by atoms with Crippen LogP contribution in [0.1, 0.15) is 0 Å². The molecular formula is C8H7Cl2N5. The smallest absolute Gasteiger partial charge is 0.224 e. The van der Waals surface area contributed by atoms with Gasteiger partial charge in [0.1, 0.15) is 5.02 Å². The van der Waals surface area contributed by atoms with Crippen LogP contribution in [0.4, 0.5) is 11.6 Å². The lowest BCUT2D eigenvalue weighted by Gasteiger charge is -2.03. The molecule has 7 heteroatoms. The fourth-order valence-electron chi connectivity index (χ4n) is 1.04. The van der Waals surface area contributed by atoms with Gasteiger partial charge in [-0.2, -0.15) is 10.1 Å². The van der Waals surface area contributed by atoms with Crippen LogP contribution in [0.25, 0.3) is 0 Å². The maximum atomic E-state index is 5.87. The summed E-state index contributed by atoms with van der Waals surface area (Å²) in [6, 6.07) is 1.80. The van der Waals surface area contributed by atoms with Crippen molar-refractivity contribution in [1.82, 2.24) is 19.7 Å². The molecule has 0 radical (unpaired) electrons. The number of nitrogens with one attached hydrogen (secondary N) is 1. The third-order valence-electron chi connectivity index (χ3n) is 1.67. The fraction of sp³-hybridized carbons (Fsp3) is 0.125. The number of anilines is 2. The Morgan fingerprint density at radius 3 is 2.87 bits per heavy atom. The van der Waals surface area contributed by atoms with E-state index in [1.807, 2.05) is 7.05 Å². The zero-order chi connectivity index (χ0) is 10.8. The van der Waals surface area contributed by atoms with Gasteiger partial charge in [-0.05, 0) is 11.6 Å². The average molecular weight is 244 g/mol. The number of nitrogens with zero attached hydrogens (tertiary/aromatic N) is 4. The van der Waals surface area contributed by atoms with Crippen molar-refractivity contribution in [2.24, 2.45) is 7.05 Å². The van der Waals surface area contributed by atoms with E-state index in [0.717, 1.165) is 0 Å². The van der Waals surface area contributed by atoms with Crippen molar-refractivity contribution >= 4 is 34.8 Å². The Labute approximate surface area is 96.1 Å². The van der Waals surface area contributed by atoms with Crippen molar-refractivity contribution < 1.29 is 0 Å². The lowest BCUT2D eigenvalue weighted by Crippen LogP contribution is -1.97. The predicted octanol–water partition coefficient (Wildman–Crippen LogP) is 2.26. The summed E-state index contributed by atoms with van der Waals surface area (Å²) < 4.78 is 1.67. The molecule has 78 valence electrons. The van der Waals surface area contributed by atoms with Crippen LogP contribution in [0.15, 0.2) is 18.5 Å². The Kier molecular flexibility index (Phi) is 2.75. The number of aryl methyl sites for hydroxylation is 1. The first-order chi connectivity index (χ1) is 7.15. The van der Waals surface area contributed by atoms with Crippen molar-refractivity contribution in [3.63, 3.8) is 0 Å². The molecule has 2 aromatic rings. The van der Waals surface area contributed by atoms with Gasteiger partial charge in [-0.25, -0.2) is 4.98 Å². The predicted molar refractivity (Wildman–Crippen MR) is 58.5 cm³/mol. The Hall–Kier alpha value is -1.33. The van der Waals surface area contributed by atoms with Gasteiger partial charge in [0.25, 0.3) is 0 Å². The van der Waals surface area contributed by atoms with E-state index >= 15 is 0 Å². The first-order valence-corrected chi connectivity index (χ1v) is 4.85. The molecular weight excluding hydrogens is 237 g/mol. The Morgan fingerprint density at radius 1 is 1.40 bits per heavy atom. The van der Waals surface area contributed by atoms with Crippen LogP contribution < -0.4 is 5.32 Å². The molecule has 0 spiro atoms. The molecule has 0 amide bonds. The summed E-state index contributed by atoms with van der Waals surface area (Å²) in [7, 11) is 1.82. The highest BCUT2D eigenvalue weighted by molar-refractivity contribution is 6.33. The van der Waals surface area contributed by atoms with Gasteiger partial charge in [-0.3, -0.25) is 4.68 Å². The van der Waals surface area contributed by atoms with Crippen LogP contribution in [0.5, 0.6) is 0 Å². The topological polar surface area (TPSA) is 55.6 Å². The maximum absolute atomic E-state index is 5.87. The summed E-state index contributed by atoms with van der Waals surface area (Å²) >= 11 is 11.5. The highest BCUT2D eigenvalue weighted by Gasteiger charge is 2.05. The van der Waals surface area contributed by atoms with Gasteiger partial charge in [0.05, 0.1) is 6.20 Å². The molecule has 0 aliphatic rings. The average Bonchev–Trinajstić information content (AvgIpc) is 2.58. The van der Waals surface area contributed by atoms with E-state index in [1.165, 1.54) is 6.20 Å². The number of hydrogen-bond acceptors (Lipinski definition) is 4. The summed E-state index contributed by atoms with van der Waals surface area (Å²) in [6.07, 6.45) is 3.24. The molecule has 0 aromatic carbocycles. The molecule has 2 rings (SSSR count).